The van der Waals surface area contributed by atoms with Gasteiger partial charge in [0.15, 0.2) is 5.11 Å². The third-order valence-electron chi connectivity index (χ3n) is 4.74. The van der Waals surface area contributed by atoms with Gasteiger partial charge in [0.05, 0.1) is 11.7 Å². The van der Waals surface area contributed by atoms with Crippen LogP contribution in [0.2, 0.25) is 5.02 Å². The zero-order valence-electron chi connectivity index (χ0n) is 15.1. The molecule has 27 heavy (non-hydrogen) atoms. The van der Waals surface area contributed by atoms with E-state index in [1.165, 1.54) is 0 Å². The van der Waals surface area contributed by atoms with Crippen LogP contribution in [0.25, 0.3) is 11.3 Å². The zero-order chi connectivity index (χ0) is 19.0. The second kappa shape index (κ2) is 7.33. The normalized spacial score (nSPS) is 19.6. The first kappa shape index (κ1) is 18.0. The van der Waals surface area contributed by atoms with E-state index in [9.17, 15) is 0 Å². The molecule has 2 atom stereocenters. The van der Waals surface area contributed by atoms with Crippen LogP contribution in [-0.2, 0) is 0 Å². The molecule has 1 aromatic carbocycles. The number of rotatable bonds is 4. The van der Waals surface area contributed by atoms with E-state index < -0.39 is 0 Å². The van der Waals surface area contributed by atoms with Gasteiger partial charge in [0.2, 0.25) is 0 Å². The molecule has 6 heteroatoms. The van der Waals surface area contributed by atoms with Crippen LogP contribution in [0.1, 0.15) is 37.4 Å². The summed E-state index contributed by atoms with van der Waals surface area (Å²) >= 11 is 11.6. The fraction of sp³-hybridized carbons (Fsp3) is 0.238. The van der Waals surface area contributed by atoms with Gasteiger partial charge in [-0.15, -0.1) is 0 Å². The quantitative estimate of drug-likeness (QED) is 0.599. The van der Waals surface area contributed by atoms with E-state index in [-0.39, 0.29) is 18.1 Å². The Hall–Kier alpha value is -2.37. The summed E-state index contributed by atoms with van der Waals surface area (Å²) in [5.41, 5.74) is 1.93. The van der Waals surface area contributed by atoms with Crippen LogP contribution in [-0.4, -0.2) is 21.0 Å². The van der Waals surface area contributed by atoms with Gasteiger partial charge in [-0.05, 0) is 74.6 Å². The molecule has 4 nitrogen and oxygen atoms in total. The summed E-state index contributed by atoms with van der Waals surface area (Å²) in [6, 6.07) is 17.7. The maximum Gasteiger partial charge on any atom is 0.170 e. The van der Waals surface area contributed by atoms with Gasteiger partial charge in [0, 0.05) is 22.8 Å². The second-order valence-corrected chi connectivity index (χ2v) is 7.66. The number of nitrogens with one attached hydrogen (secondary N) is 1. The highest BCUT2D eigenvalue weighted by Crippen LogP contribution is 2.41. The molecular formula is C21H20ClN3OS. The van der Waals surface area contributed by atoms with Crippen molar-refractivity contribution in [2.45, 2.75) is 32.0 Å². The Labute approximate surface area is 169 Å². The van der Waals surface area contributed by atoms with Crippen LogP contribution >= 0.6 is 23.8 Å². The number of nitrogens with zero attached hydrogens (tertiary/aromatic N) is 2. The maximum absolute atomic E-state index is 6.26. The summed E-state index contributed by atoms with van der Waals surface area (Å²) in [5.74, 6) is 1.67. The average Bonchev–Trinajstić information content (AvgIpc) is 3.27. The summed E-state index contributed by atoms with van der Waals surface area (Å²) in [6.45, 7) is 4.26. The lowest BCUT2D eigenvalue weighted by atomic mass is 10.0. The van der Waals surface area contributed by atoms with E-state index in [4.69, 9.17) is 28.2 Å². The molecule has 0 aliphatic carbocycles. The van der Waals surface area contributed by atoms with Crippen molar-refractivity contribution in [2.75, 3.05) is 0 Å². The number of hydrogen-bond donors (Lipinski definition) is 1. The maximum atomic E-state index is 6.26. The molecule has 1 saturated heterocycles. The van der Waals surface area contributed by atoms with Crippen LogP contribution in [0.3, 0.4) is 0 Å². The lowest BCUT2D eigenvalue weighted by molar-refractivity contribution is 0.237. The molecule has 1 aliphatic rings. The van der Waals surface area contributed by atoms with E-state index in [1.54, 1.807) is 6.20 Å². The smallest absolute Gasteiger partial charge is 0.170 e. The van der Waals surface area contributed by atoms with E-state index in [2.05, 4.69) is 29.0 Å². The number of hydrogen-bond acceptors (Lipinski definition) is 3. The topological polar surface area (TPSA) is 41.3 Å². The lowest BCUT2D eigenvalue weighted by Crippen LogP contribution is -2.35. The zero-order valence-corrected chi connectivity index (χ0v) is 16.7. The molecule has 0 saturated carbocycles. The first-order valence-corrected chi connectivity index (χ1v) is 9.68. The predicted octanol–water partition coefficient (Wildman–Crippen LogP) is 5.38. The van der Waals surface area contributed by atoms with Crippen molar-refractivity contribution in [1.82, 2.24) is 15.2 Å². The molecule has 2 unspecified atom stereocenters. The SMILES string of the molecule is CC(C)N1C(=S)NC(c2ccccn2)C1c1ccc(-c2ccc(Cl)cc2)o1. The standard InChI is InChI=1S/C21H20ClN3OS/c1-13(2)25-20(19(24-21(25)27)16-5-3-4-12-23-16)18-11-10-17(26-18)14-6-8-15(22)9-7-14/h3-13,19-20H,1-2H3,(H,24,27). The number of benzene rings is 1. The Kier molecular flexibility index (Phi) is 4.89. The first-order chi connectivity index (χ1) is 13.0. The van der Waals surface area contributed by atoms with Crippen molar-refractivity contribution in [2.24, 2.45) is 0 Å². The molecule has 0 amide bonds. The summed E-state index contributed by atoms with van der Waals surface area (Å²) in [6.07, 6.45) is 1.80. The highest BCUT2D eigenvalue weighted by atomic mass is 35.5. The Morgan fingerprint density at radius 2 is 1.89 bits per heavy atom. The molecule has 0 radical (unpaired) electrons. The summed E-state index contributed by atoms with van der Waals surface area (Å²) in [7, 11) is 0. The third kappa shape index (κ3) is 3.45. The fourth-order valence-corrected chi connectivity index (χ4v) is 4.08. The van der Waals surface area contributed by atoms with Crippen LogP contribution < -0.4 is 5.32 Å². The number of halogens is 1. The summed E-state index contributed by atoms with van der Waals surface area (Å²) in [4.78, 5) is 6.71. The van der Waals surface area contributed by atoms with Crippen molar-refractivity contribution in [3.8, 4) is 11.3 Å². The minimum atomic E-state index is -0.0645. The highest BCUT2D eigenvalue weighted by molar-refractivity contribution is 7.80. The van der Waals surface area contributed by atoms with Gasteiger partial charge in [-0.25, -0.2) is 0 Å². The Morgan fingerprint density at radius 3 is 2.56 bits per heavy atom. The van der Waals surface area contributed by atoms with Crippen molar-refractivity contribution in [1.29, 1.82) is 0 Å². The minimum absolute atomic E-state index is 0.0616. The van der Waals surface area contributed by atoms with Crippen LogP contribution in [0, 0.1) is 0 Å². The molecule has 3 aromatic rings. The van der Waals surface area contributed by atoms with Crippen LogP contribution in [0.15, 0.2) is 65.2 Å². The van der Waals surface area contributed by atoms with Gasteiger partial charge in [-0.2, -0.15) is 0 Å². The lowest BCUT2D eigenvalue weighted by Gasteiger charge is -2.29. The fourth-order valence-electron chi connectivity index (χ4n) is 3.51. The predicted molar refractivity (Wildman–Crippen MR) is 112 cm³/mol. The Bertz CT molecular complexity index is 940. The molecule has 138 valence electrons. The van der Waals surface area contributed by atoms with Crippen molar-refractivity contribution in [3.05, 3.63) is 77.3 Å². The molecule has 3 heterocycles. The van der Waals surface area contributed by atoms with Gasteiger partial charge in [-0.1, -0.05) is 17.7 Å². The van der Waals surface area contributed by atoms with E-state index in [1.807, 2.05) is 54.6 Å². The van der Waals surface area contributed by atoms with Crippen molar-refractivity contribution in [3.63, 3.8) is 0 Å². The van der Waals surface area contributed by atoms with Crippen LogP contribution in [0.4, 0.5) is 0 Å². The minimum Gasteiger partial charge on any atom is -0.459 e. The monoisotopic (exact) mass is 397 g/mol. The molecule has 1 N–H and O–H groups in total. The van der Waals surface area contributed by atoms with Gasteiger partial charge < -0.3 is 14.6 Å². The molecular weight excluding hydrogens is 378 g/mol. The Morgan fingerprint density at radius 1 is 1.11 bits per heavy atom. The number of thiocarbonyl (C=S) groups is 1. The van der Waals surface area contributed by atoms with E-state index in [0.717, 1.165) is 27.9 Å². The van der Waals surface area contributed by atoms with Gasteiger partial charge >= 0.3 is 0 Å². The van der Waals surface area contributed by atoms with Crippen LogP contribution in [0.5, 0.6) is 0 Å². The summed E-state index contributed by atoms with van der Waals surface area (Å²) < 4.78 is 6.26. The number of furan rings is 1. The second-order valence-electron chi connectivity index (χ2n) is 6.84. The first-order valence-electron chi connectivity index (χ1n) is 8.90. The van der Waals surface area contributed by atoms with Crippen molar-refractivity contribution < 1.29 is 4.42 Å². The molecule has 2 aromatic heterocycles. The number of aromatic nitrogens is 1. The van der Waals surface area contributed by atoms with Gasteiger partial charge in [-0.3, -0.25) is 4.98 Å². The molecule has 4 rings (SSSR count). The molecule has 1 fully saturated rings. The highest BCUT2D eigenvalue weighted by Gasteiger charge is 2.42. The molecule has 1 aliphatic heterocycles. The molecule has 0 spiro atoms. The third-order valence-corrected chi connectivity index (χ3v) is 5.32. The summed E-state index contributed by atoms with van der Waals surface area (Å²) in [5, 5.41) is 4.85. The Balaban J connectivity index is 1.74. The van der Waals surface area contributed by atoms with Gasteiger partial charge in [0.1, 0.15) is 17.6 Å². The molecule has 0 bridgehead atoms. The van der Waals surface area contributed by atoms with E-state index >= 15 is 0 Å². The van der Waals surface area contributed by atoms with E-state index in [0.29, 0.717) is 5.02 Å². The van der Waals surface area contributed by atoms with Gasteiger partial charge in [0.25, 0.3) is 0 Å². The largest absolute Gasteiger partial charge is 0.459 e. The number of pyridine rings is 1. The average molecular weight is 398 g/mol. The van der Waals surface area contributed by atoms with Crippen molar-refractivity contribution >= 4 is 28.9 Å².